The van der Waals surface area contributed by atoms with Crippen LogP contribution in [0.1, 0.15) is 13.3 Å². The Balaban J connectivity index is 1.41. The number of benzene rings is 2. The third-order valence-electron chi connectivity index (χ3n) is 8.08. The number of fused-ring (bicyclic) bond motifs is 6. The van der Waals surface area contributed by atoms with Crippen LogP contribution in [-0.2, 0) is 6.54 Å². The third-order valence-corrected chi connectivity index (χ3v) is 8.08. The van der Waals surface area contributed by atoms with Crippen molar-refractivity contribution >= 4 is 33.0 Å². The van der Waals surface area contributed by atoms with Gasteiger partial charge >= 0.3 is 0 Å². The summed E-state index contributed by atoms with van der Waals surface area (Å²) in [5.41, 5.74) is 3.77. The summed E-state index contributed by atoms with van der Waals surface area (Å²) in [5.74, 6) is 0.604. The number of hydrogen-bond donors (Lipinski definition) is 2. The second-order valence-electron chi connectivity index (χ2n) is 10.5. The molecule has 10 heteroatoms. The van der Waals surface area contributed by atoms with Crippen molar-refractivity contribution in [3.63, 3.8) is 0 Å². The van der Waals surface area contributed by atoms with Gasteiger partial charge in [-0.3, -0.25) is 24.3 Å². The van der Waals surface area contributed by atoms with Crippen LogP contribution in [0.5, 0.6) is 5.75 Å². The van der Waals surface area contributed by atoms with Crippen molar-refractivity contribution in [3.05, 3.63) is 81.6 Å². The zero-order valence-electron chi connectivity index (χ0n) is 21.2. The fraction of sp³-hybridized carbons (Fsp3) is 0.241. The van der Waals surface area contributed by atoms with Gasteiger partial charge in [0.1, 0.15) is 28.7 Å². The molecule has 6 bridgehead atoms. The van der Waals surface area contributed by atoms with E-state index in [9.17, 15) is 9.59 Å². The molecule has 2 N–H and O–H groups in total. The van der Waals surface area contributed by atoms with E-state index in [0.717, 1.165) is 29.7 Å². The Morgan fingerprint density at radius 3 is 2.92 bits per heavy atom. The van der Waals surface area contributed by atoms with E-state index in [1.165, 1.54) is 0 Å². The van der Waals surface area contributed by atoms with Crippen LogP contribution in [0.15, 0.2) is 70.5 Å². The second-order valence-corrected chi connectivity index (χ2v) is 10.5. The minimum absolute atomic E-state index is 0.0584. The van der Waals surface area contributed by atoms with Crippen molar-refractivity contribution in [2.24, 2.45) is 0 Å². The van der Waals surface area contributed by atoms with Crippen LogP contribution in [-0.4, -0.2) is 59.4 Å². The quantitative estimate of drug-likeness (QED) is 0.344. The zero-order chi connectivity index (χ0) is 26.2. The smallest absolute Gasteiger partial charge is 0.275 e. The van der Waals surface area contributed by atoms with Crippen molar-refractivity contribution in [2.45, 2.75) is 32.0 Å². The summed E-state index contributed by atoms with van der Waals surface area (Å²) in [6, 6.07) is 15.5. The van der Waals surface area contributed by atoms with Gasteiger partial charge in [0.05, 0.1) is 28.7 Å². The van der Waals surface area contributed by atoms with Crippen LogP contribution in [0.4, 0.5) is 0 Å². The molecule has 1 fully saturated rings. The van der Waals surface area contributed by atoms with E-state index in [1.807, 2.05) is 47.2 Å². The van der Waals surface area contributed by atoms with Gasteiger partial charge in [0.2, 0.25) is 0 Å². The topological polar surface area (TPSA) is 114 Å². The van der Waals surface area contributed by atoms with Crippen LogP contribution in [0.2, 0.25) is 0 Å². The fourth-order valence-electron chi connectivity index (χ4n) is 6.12. The molecule has 1 saturated heterocycles. The summed E-state index contributed by atoms with van der Waals surface area (Å²) in [7, 11) is 0. The normalized spacial score (nSPS) is 20.7. The summed E-state index contributed by atoms with van der Waals surface area (Å²) in [4.78, 5) is 41.5. The molecule has 0 aliphatic carbocycles. The lowest BCUT2D eigenvalue weighted by atomic mass is 10.1. The molecule has 2 aliphatic heterocycles. The van der Waals surface area contributed by atoms with E-state index in [0.29, 0.717) is 52.4 Å². The number of hydrogen-bond acceptors (Lipinski definition) is 6. The minimum atomic E-state index is -0.338. The van der Waals surface area contributed by atoms with Crippen molar-refractivity contribution in [1.82, 2.24) is 34.2 Å². The van der Waals surface area contributed by atoms with E-state index < -0.39 is 0 Å². The molecule has 3 atom stereocenters. The van der Waals surface area contributed by atoms with Crippen LogP contribution < -0.4 is 15.9 Å². The lowest BCUT2D eigenvalue weighted by molar-refractivity contribution is 0.195. The molecule has 6 heterocycles. The Morgan fingerprint density at radius 2 is 2.00 bits per heavy atom. The van der Waals surface area contributed by atoms with Gasteiger partial charge < -0.3 is 14.3 Å². The highest BCUT2D eigenvalue weighted by atomic mass is 16.5. The Morgan fingerprint density at radius 1 is 1.08 bits per heavy atom. The van der Waals surface area contributed by atoms with Crippen LogP contribution >= 0.6 is 0 Å². The largest absolute Gasteiger partial charge is 0.487 e. The average molecular weight is 520 g/mol. The predicted molar refractivity (Wildman–Crippen MR) is 149 cm³/mol. The zero-order valence-corrected chi connectivity index (χ0v) is 21.2. The van der Waals surface area contributed by atoms with E-state index in [2.05, 4.69) is 26.9 Å². The van der Waals surface area contributed by atoms with E-state index in [4.69, 9.17) is 9.72 Å². The number of ether oxygens (including phenoxy) is 1. The Hall–Kier alpha value is -4.70. The van der Waals surface area contributed by atoms with E-state index in [1.54, 1.807) is 23.0 Å². The molecule has 39 heavy (non-hydrogen) atoms. The standard InChI is InChI=1S/C29H25N7O3/c1-16-12-19-15-34(16)10-11-36-29(38)21-6-2-5-20(24(21)33-36)25-28(37)31-22-13-18(14-23(39-19)26(22)32-25)35-9-7-17-4-3-8-30-27(17)35/h2-9,13-14,16,19,33H,10-12,15H2,1H3,(H,31,37)/t16-,19?/m1/s1. The molecule has 8 rings (SSSR count). The minimum Gasteiger partial charge on any atom is -0.487 e. The fourth-order valence-corrected chi connectivity index (χ4v) is 6.12. The maximum atomic E-state index is 13.5. The number of aromatic amines is 2. The van der Waals surface area contributed by atoms with Crippen molar-refractivity contribution < 1.29 is 4.74 Å². The van der Waals surface area contributed by atoms with Gasteiger partial charge in [-0.25, -0.2) is 9.97 Å². The number of rotatable bonds is 1. The van der Waals surface area contributed by atoms with Gasteiger partial charge in [-0.1, -0.05) is 12.1 Å². The third kappa shape index (κ3) is 3.38. The number of para-hydroxylation sites is 1. The lowest BCUT2D eigenvalue weighted by Crippen LogP contribution is -2.33. The molecular weight excluding hydrogens is 494 g/mol. The van der Waals surface area contributed by atoms with E-state index >= 15 is 0 Å². The second kappa shape index (κ2) is 8.15. The maximum Gasteiger partial charge on any atom is 0.275 e. The van der Waals surface area contributed by atoms with Gasteiger partial charge in [-0.05, 0) is 37.3 Å². The van der Waals surface area contributed by atoms with Gasteiger partial charge in [0.15, 0.2) is 0 Å². The van der Waals surface area contributed by atoms with Crippen molar-refractivity contribution in [3.8, 4) is 22.7 Å². The highest BCUT2D eigenvalue weighted by Crippen LogP contribution is 2.33. The molecule has 10 nitrogen and oxygen atoms in total. The number of nitrogens with one attached hydrogen (secondary N) is 2. The molecule has 0 radical (unpaired) electrons. The van der Waals surface area contributed by atoms with Crippen molar-refractivity contribution in [1.29, 1.82) is 0 Å². The summed E-state index contributed by atoms with van der Waals surface area (Å²) in [6.45, 7) is 4.15. The number of H-pyrrole nitrogens is 2. The predicted octanol–water partition coefficient (Wildman–Crippen LogP) is 3.43. The summed E-state index contributed by atoms with van der Waals surface area (Å²) in [5, 5.41) is 4.81. The molecule has 2 aliphatic rings. The number of aromatic nitrogens is 6. The highest BCUT2D eigenvalue weighted by Gasteiger charge is 2.31. The molecular formula is C29H25N7O3. The molecule has 0 spiro atoms. The first-order chi connectivity index (χ1) is 19.0. The Labute approximate surface area is 221 Å². The van der Waals surface area contributed by atoms with Gasteiger partial charge in [-0.2, -0.15) is 0 Å². The average Bonchev–Trinajstić information content (AvgIpc) is 3.61. The first kappa shape index (κ1) is 22.3. The number of nitrogens with zero attached hydrogens (tertiary/aromatic N) is 5. The maximum absolute atomic E-state index is 13.5. The molecule has 0 amide bonds. The van der Waals surface area contributed by atoms with E-state index in [-0.39, 0.29) is 22.9 Å². The first-order valence-electron chi connectivity index (χ1n) is 13.2. The van der Waals surface area contributed by atoms with Gasteiger partial charge in [-0.15, -0.1) is 0 Å². The molecule has 6 aromatic rings. The summed E-state index contributed by atoms with van der Waals surface area (Å²) in [6.07, 6.45) is 4.52. The summed E-state index contributed by atoms with van der Waals surface area (Å²) < 4.78 is 10.3. The Bertz CT molecular complexity index is 2050. The lowest BCUT2D eigenvalue weighted by Gasteiger charge is -2.21. The molecule has 0 saturated carbocycles. The highest BCUT2D eigenvalue weighted by molar-refractivity contribution is 5.94. The van der Waals surface area contributed by atoms with Crippen LogP contribution in [0.3, 0.4) is 0 Å². The van der Waals surface area contributed by atoms with Crippen molar-refractivity contribution in [2.75, 3.05) is 13.1 Å². The van der Waals surface area contributed by atoms with Crippen LogP contribution in [0.25, 0.3) is 49.9 Å². The number of pyridine rings is 1. The summed E-state index contributed by atoms with van der Waals surface area (Å²) >= 11 is 0. The molecule has 194 valence electrons. The molecule has 4 aromatic heterocycles. The molecule has 2 aromatic carbocycles. The monoisotopic (exact) mass is 519 g/mol. The van der Waals surface area contributed by atoms with Gasteiger partial charge in [0.25, 0.3) is 11.1 Å². The first-order valence-corrected chi connectivity index (χ1v) is 13.2. The SMILES string of the molecule is C[C@@H]1CC2CN1CCn1[nH]c3c(cccc3c1=O)-c1nc3c(cc(-n4ccc5cccnc54)cc3[nH]c1=O)O2. The Kier molecular flexibility index (Phi) is 4.66. The van der Waals surface area contributed by atoms with Gasteiger partial charge in [0, 0.05) is 55.0 Å². The molecule has 2 unspecified atom stereocenters. The van der Waals surface area contributed by atoms with Crippen LogP contribution in [0, 0.1) is 0 Å².